The first-order valence-electron chi connectivity index (χ1n) is 7.73. The largest absolute Gasteiger partial charge is 0.466 e. The first-order valence-corrected chi connectivity index (χ1v) is 9.53. The standard InChI is InChI=1S/C16H17N5O2S2/c1-3-23-15(22)8-13-9-17-14(25-13)10-24-16-18-19-20-21(16)12-6-4-5-11(2)7-12/h4-7,9H,3,8,10H2,1-2H3. The van der Waals surface area contributed by atoms with Crippen molar-refractivity contribution < 1.29 is 9.53 Å². The number of thioether (sulfide) groups is 1. The Hall–Kier alpha value is -2.26. The van der Waals surface area contributed by atoms with Crippen molar-refractivity contribution in [3.8, 4) is 5.69 Å². The number of nitrogens with zero attached hydrogens (tertiary/aromatic N) is 5. The van der Waals surface area contributed by atoms with Gasteiger partial charge in [0, 0.05) is 11.1 Å². The number of benzene rings is 1. The van der Waals surface area contributed by atoms with E-state index in [-0.39, 0.29) is 12.4 Å². The Morgan fingerprint density at radius 1 is 1.40 bits per heavy atom. The fraction of sp³-hybridized carbons (Fsp3) is 0.312. The predicted octanol–water partition coefficient (Wildman–Crippen LogP) is 2.83. The van der Waals surface area contributed by atoms with Gasteiger partial charge in [-0.3, -0.25) is 4.79 Å². The number of tetrazole rings is 1. The van der Waals surface area contributed by atoms with Crippen LogP contribution in [-0.2, 0) is 21.7 Å². The van der Waals surface area contributed by atoms with Crippen molar-refractivity contribution >= 4 is 29.1 Å². The second kappa shape index (κ2) is 8.21. The number of ether oxygens (including phenoxy) is 1. The summed E-state index contributed by atoms with van der Waals surface area (Å²) in [5.41, 5.74) is 2.07. The number of carbonyl (C=O) groups excluding carboxylic acids is 1. The number of hydrogen-bond acceptors (Lipinski definition) is 8. The third-order valence-corrected chi connectivity index (χ3v) is 5.35. The molecule has 130 valence electrons. The van der Waals surface area contributed by atoms with E-state index < -0.39 is 0 Å². The van der Waals surface area contributed by atoms with E-state index in [2.05, 4.69) is 20.5 Å². The van der Waals surface area contributed by atoms with Crippen molar-refractivity contribution in [1.82, 2.24) is 25.2 Å². The minimum Gasteiger partial charge on any atom is -0.466 e. The van der Waals surface area contributed by atoms with Crippen molar-refractivity contribution in [1.29, 1.82) is 0 Å². The van der Waals surface area contributed by atoms with Crippen LogP contribution in [0.2, 0.25) is 0 Å². The lowest BCUT2D eigenvalue weighted by atomic mass is 10.2. The zero-order valence-electron chi connectivity index (χ0n) is 13.9. The molecule has 3 rings (SSSR count). The summed E-state index contributed by atoms with van der Waals surface area (Å²) in [5, 5.41) is 13.5. The molecule has 2 heterocycles. The Balaban J connectivity index is 1.64. The highest BCUT2D eigenvalue weighted by atomic mass is 32.2. The molecule has 0 fully saturated rings. The number of carbonyl (C=O) groups is 1. The zero-order chi connectivity index (χ0) is 17.6. The Bertz CT molecular complexity index is 862. The quantitative estimate of drug-likeness (QED) is 0.464. The molecule has 3 aromatic rings. The normalized spacial score (nSPS) is 10.8. The van der Waals surface area contributed by atoms with E-state index in [1.54, 1.807) is 17.8 Å². The van der Waals surface area contributed by atoms with E-state index in [4.69, 9.17) is 4.74 Å². The molecule has 0 radical (unpaired) electrons. The molecule has 0 aliphatic heterocycles. The van der Waals surface area contributed by atoms with E-state index in [0.29, 0.717) is 17.5 Å². The van der Waals surface area contributed by atoms with Gasteiger partial charge in [0.15, 0.2) is 0 Å². The molecular formula is C16H17N5O2S2. The minimum absolute atomic E-state index is 0.228. The average Bonchev–Trinajstić information content (AvgIpc) is 3.22. The molecule has 0 saturated carbocycles. The summed E-state index contributed by atoms with van der Waals surface area (Å²) in [4.78, 5) is 16.8. The van der Waals surface area contributed by atoms with E-state index in [1.807, 2.05) is 31.2 Å². The molecule has 2 aromatic heterocycles. The third-order valence-electron chi connectivity index (χ3n) is 3.24. The molecule has 0 bridgehead atoms. The number of aryl methyl sites for hydroxylation is 1. The maximum atomic E-state index is 11.5. The molecule has 7 nitrogen and oxygen atoms in total. The topological polar surface area (TPSA) is 82.8 Å². The van der Waals surface area contributed by atoms with Crippen LogP contribution in [0.3, 0.4) is 0 Å². The van der Waals surface area contributed by atoms with Crippen molar-refractivity contribution in [2.75, 3.05) is 6.61 Å². The highest BCUT2D eigenvalue weighted by Gasteiger charge is 2.12. The SMILES string of the molecule is CCOC(=O)Cc1cnc(CSc2nnnn2-c2cccc(C)c2)s1. The van der Waals surface area contributed by atoms with E-state index in [0.717, 1.165) is 21.1 Å². The first-order chi connectivity index (χ1) is 12.2. The first kappa shape index (κ1) is 17.6. The molecule has 1 aromatic carbocycles. The molecule has 0 unspecified atom stereocenters. The van der Waals surface area contributed by atoms with Crippen LogP contribution in [0.15, 0.2) is 35.6 Å². The molecule has 0 N–H and O–H groups in total. The van der Waals surface area contributed by atoms with Crippen LogP contribution in [0.5, 0.6) is 0 Å². The van der Waals surface area contributed by atoms with Crippen LogP contribution in [0.1, 0.15) is 22.4 Å². The summed E-state index contributed by atoms with van der Waals surface area (Å²) in [6, 6.07) is 8.00. The van der Waals surface area contributed by atoms with Crippen LogP contribution < -0.4 is 0 Å². The van der Waals surface area contributed by atoms with Gasteiger partial charge >= 0.3 is 5.97 Å². The van der Waals surface area contributed by atoms with Gasteiger partial charge in [-0.05, 0) is 42.0 Å². The molecule has 0 saturated heterocycles. The van der Waals surface area contributed by atoms with Crippen molar-refractivity contribution in [2.24, 2.45) is 0 Å². The predicted molar refractivity (Wildman–Crippen MR) is 95.9 cm³/mol. The van der Waals surface area contributed by atoms with E-state index >= 15 is 0 Å². The number of aromatic nitrogens is 5. The summed E-state index contributed by atoms with van der Waals surface area (Å²) < 4.78 is 6.67. The molecule has 0 spiro atoms. The molecule has 0 amide bonds. The Labute approximate surface area is 153 Å². The maximum Gasteiger partial charge on any atom is 0.311 e. The lowest BCUT2D eigenvalue weighted by molar-refractivity contribution is -0.142. The van der Waals surface area contributed by atoms with Crippen molar-refractivity contribution in [2.45, 2.75) is 31.2 Å². The third kappa shape index (κ3) is 4.64. The summed E-state index contributed by atoms with van der Waals surface area (Å²) in [6.07, 6.45) is 1.98. The Kier molecular flexibility index (Phi) is 5.77. The maximum absolute atomic E-state index is 11.5. The van der Waals surface area contributed by atoms with Gasteiger partial charge in [0.2, 0.25) is 5.16 Å². The minimum atomic E-state index is -0.228. The van der Waals surface area contributed by atoms with E-state index in [1.165, 1.54) is 23.1 Å². The van der Waals surface area contributed by atoms with Crippen LogP contribution in [-0.4, -0.2) is 37.8 Å². The lowest BCUT2D eigenvalue weighted by Crippen LogP contribution is -2.06. The summed E-state index contributed by atoms with van der Waals surface area (Å²) in [6.45, 7) is 4.22. The van der Waals surface area contributed by atoms with E-state index in [9.17, 15) is 4.79 Å². The average molecular weight is 375 g/mol. The fourth-order valence-electron chi connectivity index (χ4n) is 2.17. The summed E-state index contributed by atoms with van der Waals surface area (Å²) >= 11 is 3.01. The second-order valence-corrected chi connectivity index (χ2v) is 7.35. The number of esters is 1. The zero-order valence-corrected chi connectivity index (χ0v) is 15.5. The lowest BCUT2D eigenvalue weighted by Gasteiger charge is -2.04. The molecule has 0 atom stereocenters. The van der Waals surface area contributed by atoms with Gasteiger partial charge in [0.05, 0.1) is 24.5 Å². The smallest absolute Gasteiger partial charge is 0.311 e. The van der Waals surface area contributed by atoms with Crippen LogP contribution >= 0.6 is 23.1 Å². The van der Waals surface area contributed by atoms with Gasteiger partial charge in [-0.25, -0.2) is 4.98 Å². The van der Waals surface area contributed by atoms with Crippen LogP contribution in [0, 0.1) is 6.92 Å². The summed E-state index contributed by atoms with van der Waals surface area (Å²) in [5.74, 6) is 0.411. The molecular weight excluding hydrogens is 358 g/mol. The number of rotatable bonds is 7. The number of thiazole rings is 1. The van der Waals surface area contributed by atoms with Crippen LogP contribution in [0.25, 0.3) is 5.69 Å². The van der Waals surface area contributed by atoms with Crippen molar-refractivity contribution in [3.05, 3.63) is 45.9 Å². The second-order valence-electron chi connectivity index (χ2n) is 5.20. The highest BCUT2D eigenvalue weighted by Crippen LogP contribution is 2.25. The molecule has 0 aliphatic carbocycles. The van der Waals surface area contributed by atoms with Gasteiger partial charge in [-0.1, -0.05) is 23.9 Å². The Morgan fingerprint density at radius 2 is 2.28 bits per heavy atom. The van der Waals surface area contributed by atoms with Gasteiger partial charge < -0.3 is 4.74 Å². The Morgan fingerprint density at radius 3 is 3.08 bits per heavy atom. The van der Waals surface area contributed by atoms with Gasteiger partial charge in [0.25, 0.3) is 0 Å². The molecule has 0 aliphatic rings. The summed E-state index contributed by atoms with van der Waals surface area (Å²) in [7, 11) is 0. The number of hydrogen-bond donors (Lipinski definition) is 0. The molecule has 25 heavy (non-hydrogen) atoms. The monoisotopic (exact) mass is 375 g/mol. The van der Waals surface area contributed by atoms with Crippen molar-refractivity contribution in [3.63, 3.8) is 0 Å². The van der Waals surface area contributed by atoms with Crippen LogP contribution in [0.4, 0.5) is 0 Å². The van der Waals surface area contributed by atoms with Gasteiger partial charge in [-0.2, -0.15) is 4.68 Å². The highest BCUT2D eigenvalue weighted by molar-refractivity contribution is 7.98. The fourth-order valence-corrected chi connectivity index (χ4v) is 3.97. The van der Waals surface area contributed by atoms with Gasteiger partial charge in [-0.15, -0.1) is 16.4 Å². The van der Waals surface area contributed by atoms with Gasteiger partial charge in [0.1, 0.15) is 5.01 Å². The molecule has 9 heteroatoms.